The van der Waals surface area contributed by atoms with Crippen molar-refractivity contribution in [3.63, 3.8) is 0 Å². The summed E-state index contributed by atoms with van der Waals surface area (Å²) in [5.74, 6) is -0.434. The van der Waals surface area contributed by atoms with Crippen molar-refractivity contribution < 1.29 is 10.2 Å². The van der Waals surface area contributed by atoms with E-state index in [2.05, 4.69) is 73.7 Å². The molecule has 0 aliphatic heterocycles. The van der Waals surface area contributed by atoms with Gasteiger partial charge in [-0.2, -0.15) is 0 Å². The fourth-order valence-corrected chi connectivity index (χ4v) is 5.39. The maximum absolute atomic E-state index is 12.8. The van der Waals surface area contributed by atoms with Gasteiger partial charge in [0.05, 0.1) is 22.4 Å². The van der Waals surface area contributed by atoms with E-state index in [1.54, 1.807) is 12.1 Å². The van der Waals surface area contributed by atoms with Crippen molar-refractivity contribution in [3.05, 3.63) is 42.2 Å². The van der Waals surface area contributed by atoms with Gasteiger partial charge < -0.3 is 20.2 Å². The topological polar surface area (TPSA) is 77.7 Å². The second-order valence-corrected chi connectivity index (χ2v) is 8.82. The number of fused-ring (bicyclic) bond motifs is 2. The minimum absolute atomic E-state index is 0.217. The third-order valence-corrected chi connectivity index (χ3v) is 5.97. The molecule has 4 rings (SSSR count). The van der Waals surface area contributed by atoms with Crippen molar-refractivity contribution in [1.82, 2.24) is 9.97 Å². The van der Waals surface area contributed by atoms with Crippen molar-refractivity contribution in [2.75, 3.05) is 0 Å². The summed E-state index contributed by atoms with van der Waals surface area (Å²) in [7, 11) is 0. The Kier molecular flexibility index (Phi) is 3.98. The summed E-state index contributed by atoms with van der Waals surface area (Å²) in [4.78, 5) is 6.15. The van der Waals surface area contributed by atoms with Gasteiger partial charge in [-0.05, 0) is 66.9 Å². The van der Waals surface area contributed by atoms with E-state index in [-0.39, 0.29) is 22.9 Å². The van der Waals surface area contributed by atoms with Gasteiger partial charge in [-0.3, -0.25) is 0 Å². The molecule has 8 heteroatoms. The van der Waals surface area contributed by atoms with Crippen LogP contribution in [0.25, 0.3) is 33.2 Å². The van der Waals surface area contributed by atoms with Gasteiger partial charge in [0, 0.05) is 17.9 Å². The maximum atomic E-state index is 12.8. The third kappa shape index (κ3) is 2.42. The average molecular weight is 578 g/mol. The number of aromatic amines is 2. The van der Waals surface area contributed by atoms with Gasteiger partial charge in [0.2, 0.25) is 0 Å². The Labute approximate surface area is 169 Å². The summed E-state index contributed by atoms with van der Waals surface area (Å²) >= 11 is 13.6. The molecular formula is C16H6Br4N2O2-2. The zero-order chi connectivity index (χ0) is 17.2. The van der Waals surface area contributed by atoms with Gasteiger partial charge in [0.15, 0.2) is 0 Å². The quantitative estimate of drug-likeness (QED) is 0.313. The monoisotopic (exact) mass is 574 g/mol. The molecule has 4 nitrogen and oxygen atoms in total. The molecule has 0 atom stereocenters. The summed E-state index contributed by atoms with van der Waals surface area (Å²) in [6.07, 6.45) is 0. The SMILES string of the molecule is [O-]c1c(-c2[nH]c3c(Br)cc(Br)cc3c2[O-])[nH]c2c(Br)cc(Br)cc12. The minimum Gasteiger partial charge on any atom is -0.871 e. The molecule has 0 amide bonds. The highest BCUT2D eigenvalue weighted by Gasteiger charge is 2.14. The Morgan fingerprint density at radius 1 is 0.625 bits per heavy atom. The lowest BCUT2D eigenvalue weighted by Crippen LogP contribution is -1.95. The molecule has 0 saturated carbocycles. The van der Waals surface area contributed by atoms with Crippen LogP contribution in [0.4, 0.5) is 0 Å². The van der Waals surface area contributed by atoms with E-state index in [1.807, 2.05) is 12.1 Å². The van der Waals surface area contributed by atoms with Crippen molar-refractivity contribution in [1.29, 1.82) is 0 Å². The molecule has 0 aliphatic rings. The van der Waals surface area contributed by atoms with Gasteiger partial charge in [0.1, 0.15) is 0 Å². The molecule has 2 heterocycles. The van der Waals surface area contributed by atoms with E-state index >= 15 is 0 Å². The van der Waals surface area contributed by atoms with E-state index in [9.17, 15) is 10.2 Å². The largest absolute Gasteiger partial charge is 0.871 e. The summed E-state index contributed by atoms with van der Waals surface area (Å²) in [6, 6.07) is 7.17. The molecular weight excluding hydrogens is 572 g/mol. The maximum Gasteiger partial charge on any atom is 0.0598 e. The number of benzene rings is 2. The number of aromatic nitrogens is 2. The predicted molar refractivity (Wildman–Crippen MR) is 105 cm³/mol. The average Bonchev–Trinajstić information content (AvgIpc) is 2.99. The molecule has 4 aromatic rings. The Bertz CT molecular complexity index is 1040. The van der Waals surface area contributed by atoms with Gasteiger partial charge in [-0.25, -0.2) is 0 Å². The second kappa shape index (κ2) is 5.79. The van der Waals surface area contributed by atoms with E-state index in [4.69, 9.17) is 0 Å². The highest BCUT2D eigenvalue weighted by Crippen LogP contribution is 2.44. The van der Waals surface area contributed by atoms with Crippen LogP contribution < -0.4 is 10.2 Å². The van der Waals surface area contributed by atoms with Crippen molar-refractivity contribution >= 4 is 85.5 Å². The van der Waals surface area contributed by atoms with Crippen molar-refractivity contribution in [2.45, 2.75) is 0 Å². The number of hydrogen-bond acceptors (Lipinski definition) is 2. The van der Waals surface area contributed by atoms with Gasteiger partial charge in [0.25, 0.3) is 0 Å². The Balaban J connectivity index is 2.07. The van der Waals surface area contributed by atoms with E-state index in [0.29, 0.717) is 21.8 Å². The standard InChI is InChI=1S/C16H8Br4N2O2/c17-5-1-7-11(9(19)3-5)21-13(15(7)23)14-16(24)8-2-6(18)4-10(20)12(8)22-14/h1-4,21-24H/p-2. The fraction of sp³-hybridized carbons (Fsp3) is 0. The minimum atomic E-state index is -0.217. The first kappa shape index (κ1) is 16.5. The molecule has 0 radical (unpaired) electrons. The van der Waals surface area contributed by atoms with Gasteiger partial charge in [-0.15, -0.1) is 0 Å². The van der Waals surface area contributed by atoms with Crippen LogP contribution in [0.2, 0.25) is 0 Å². The summed E-state index contributed by atoms with van der Waals surface area (Å²) in [6.45, 7) is 0. The zero-order valence-electron chi connectivity index (χ0n) is 11.6. The molecule has 0 fully saturated rings. The summed E-state index contributed by atoms with van der Waals surface area (Å²) < 4.78 is 3.08. The van der Waals surface area contributed by atoms with Gasteiger partial charge >= 0.3 is 0 Å². The van der Waals surface area contributed by atoms with Crippen LogP contribution in [0.5, 0.6) is 11.5 Å². The van der Waals surface area contributed by atoms with Crippen LogP contribution in [0.1, 0.15) is 0 Å². The molecule has 2 aromatic carbocycles. The van der Waals surface area contributed by atoms with Gasteiger partial charge in [-0.1, -0.05) is 43.4 Å². The first-order chi connectivity index (χ1) is 11.4. The molecule has 0 spiro atoms. The number of rotatable bonds is 1. The third-order valence-electron chi connectivity index (χ3n) is 3.80. The predicted octanol–water partition coefficient (Wildman–Crippen LogP) is 5.51. The highest BCUT2D eigenvalue weighted by atomic mass is 79.9. The smallest absolute Gasteiger partial charge is 0.0598 e. The van der Waals surface area contributed by atoms with Crippen LogP contribution >= 0.6 is 63.7 Å². The normalized spacial score (nSPS) is 11.7. The van der Waals surface area contributed by atoms with E-state index in [1.165, 1.54) is 0 Å². The fourth-order valence-electron chi connectivity index (χ4n) is 2.74. The highest BCUT2D eigenvalue weighted by molar-refractivity contribution is 9.11. The Hall–Kier alpha value is -0.960. The van der Waals surface area contributed by atoms with Crippen LogP contribution in [0.15, 0.2) is 42.2 Å². The zero-order valence-corrected chi connectivity index (χ0v) is 18.0. The van der Waals surface area contributed by atoms with Crippen molar-refractivity contribution in [3.8, 4) is 22.9 Å². The number of H-pyrrole nitrogens is 2. The first-order valence-corrected chi connectivity index (χ1v) is 9.90. The van der Waals surface area contributed by atoms with E-state index < -0.39 is 0 Å². The van der Waals surface area contributed by atoms with Crippen LogP contribution in [-0.2, 0) is 0 Å². The molecule has 24 heavy (non-hydrogen) atoms. The summed E-state index contributed by atoms with van der Waals surface area (Å²) in [5.41, 5.74) is 1.84. The molecule has 0 bridgehead atoms. The van der Waals surface area contributed by atoms with Crippen LogP contribution in [0.3, 0.4) is 0 Å². The van der Waals surface area contributed by atoms with E-state index in [0.717, 1.165) is 17.9 Å². The lowest BCUT2D eigenvalue weighted by Gasteiger charge is -2.12. The lowest BCUT2D eigenvalue weighted by molar-refractivity contribution is -0.268. The molecule has 0 unspecified atom stereocenters. The van der Waals surface area contributed by atoms with Crippen LogP contribution in [-0.4, -0.2) is 9.97 Å². The molecule has 0 aliphatic carbocycles. The summed E-state index contributed by atoms with van der Waals surface area (Å²) in [5, 5.41) is 26.6. The Morgan fingerprint density at radius 2 is 1.00 bits per heavy atom. The second-order valence-electron chi connectivity index (χ2n) is 5.28. The lowest BCUT2D eigenvalue weighted by atomic mass is 10.2. The van der Waals surface area contributed by atoms with Crippen molar-refractivity contribution in [2.24, 2.45) is 0 Å². The molecule has 2 aromatic heterocycles. The number of hydrogen-bond donors (Lipinski definition) is 2. The Morgan fingerprint density at radius 3 is 1.38 bits per heavy atom. The molecule has 2 N–H and O–H groups in total. The molecule has 122 valence electrons. The number of halogens is 4. The first-order valence-electron chi connectivity index (χ1n) is 6.72. The number of nitrogens with one attached hydrogen (secondary N) is 2. The van der Waals surface area contributed by atoms with Crippen LogP contribution in [0, 0.1) is 0 Å². The molecule has 0 saturated heterocycles.